The molecule has 1 aromatic carbocycles. The van der Waals surface area contributed by atoms with Crippen LogP contribution in [0.1, 0.15) is 53.6 Å². The predicted molar refractivity (Wildman–Crippen MR) is 73.3 cm³/mol. The lowest BCUT2D eigenvalue weighted by Crippen LogP contribution is -2.07. The summed E-state index contributed by atoms with van der Waals surface area (Å²) in [4.78, 5) is 0. The van der Waals surface area contributed by atoms with Crippen molar-refractivity contribution in [1.82, 2.24) is 0 Å². The van der Waals surface area contributed by atoms with Gasteiger partial charge in [0.05, 0.1) is 0 Å². The fourth-order valence-electron chi connectivity index (χ4n) is 2.38. The average Bonchev–Trinajstić information content (AvgIpc) is 2.29. The van der Waals surface area contributed by atoms with Crippen molar-refractivity contribution in [2.75, 3.05) is 0 Å². The van der Waals surface area contributed by atoms with Crippen LogP contribution in [-0.2, 0) is 6.42 Å². The Bertz CT molecular complexity index is 357. The molecule has 0 N–H and O–H groups in total. The van der Waals surface area contributed by atoms with Crippen molar-refractivity contribution >= 4 is 0 Å². The number of rotatable bonds is 3. The molecule has 0 fully saturated rings. The Hall–Kier alpha value is -0.780. The summed E-state index contributed by atoms with van der Waals surface area (Å²) >= 11 is 0. The maximum Gasteiger partial charge on any atom is -0.0248 e. The van der Waals surface area contributed by atoms with Gasteiger partial charge in [-0.1, -0.05) is 20.3 Å². The van der Waals surface area contributed by atoms with Crippen molar-refractivity contribution in [2.45, 2.75) is 61.3 Å². The summed E-state index contributed by atoms with van der Waals surface area (Å²) in [5.74, 6) is 0.791. The summed E-state index contributed by atoms with van der Waals surface area (Å²) < 4.78 is 0. The number of benzene rings is 1. The minimum absolute atomic E-state index is 0.791. The zero-order valence-electron chi connectivity index (χ0n) is 12.0. The van der Waals surface area contributed by atoms with Gasteiger partial charge in [0, 0.05) is 0 Å². The van der Waals surface area contributed by atoms with E-state index in [1.807, 2.05) is 0 Å². The molecule has 0 aliphatic heterocycles. The molecule has 0 aliphatic rings. The lowest BCUT2D eigenvalue weighted by atomic mass is 9.85. The summed E-state index contributed by atoms with van der Waals surface area (Å²) in [5.41, 5.74) is 9.07. The van der Waals surface area contributed by atoms with Gasteiger partial charge in [0.2, 0.25) is 0 Å². The summed E-state index contributed by atoms with van der Waals surface area (Å²) in [5, 5.41) is 0. The molecule has 0 aromatic heterocycles. The van der Waals surface area contributed by atoms with Crippen LogP contribution in [0.2, 0.25) is 0 Å². The highest BCUT2D eigenvalue weighted by Gasteiger charge is 2.13. The van der Waals surface area contributed by atoms with Gasteiger partial charge in [0.25, 0.3) is 0 Å². The van der Waals surface area contributed by atoms with Crippen LogP contribution in [0.5, 0.6) is 0 Å². The molecule has 16 heavy (non-hydrogen) atoms. The first kappa shape index (κ1) is 13.3. The molecule has 0 nitrogen and oxygen atoms in total. The zero-order chi connectivity index (χ0) is 12.5. The topological polar surface area (TPSA) is 0 Å². The summed E-state index contributed by atoms with van der Waals surface area (Å²) in [7, 11) is 0. The largest absolute Gasteiger partial charge is 0.0651 e. The van der Waals surface area contributed by atoms with Gasteiger partial charge in [-0.25, -0.2) is 0 Å². The highest BCUT2D eigenvalue weighted by molar-refractivity contribution is 5.49. The molecule has 0 aliphatic carbocycles. The van der Waals surface area contributed by atoms with Gasteiger partial charge in [-0.3, -0.25) is 0 Å². The van der Waals surface area contributed by atoms with E-state index < -0.39 is 0 Å². The van der Waals surface area contributed by atoms with Crippen LogP contribution in [-0.4, -0.2) is 0 Å². The van der Waals surface area contributed by atoms with E-state index in [9.17, 15) is 0 Å². The first-order chi connectivity index (χ1) is 7.40. The monoisotopic (exact) mass is 218 g/mol. The third-order valence-corrected chi connectivity index (χ3v) is 4.40. The summed E-state index contributed by atoms with van der Waals surface area (Å²) in [6, 6.07) is 0. The van der Waals surface area contributed by atoms with E-state index >= 15 is 0 Å². The average molecular weight is 218 g/mol. The fraction of sp³-hybridized carbons (Fsp3) is 0.625. The minimum Gasteiger partial charge on any atom is -0.0651 e. The molecule has 0 spiro atoms. The van der Waals surface area contributed by atoms with Gasteiger partial charge < -0.3 is 0 Å². The van der Waals surface area contributed by atoms with Gasteiger partial charge in [-0.2, -0.15) is 0 Å². The molecule has 1 atom stereocenters. The minimum atomic E-state index is 0.791. The summed E-state index contributed by atoms with van der Waals surface area (Å²) in [6.45, 7) is 16.0. The first-order valence-corrected chi connectivity index (χ1v) is 6.45. The number of hydrogen-bond donors (Lipinski definition) is 0. The van der Waals surface area contributed by atoms with Crippen molar-refractivity contribution in [3.05, 3.63) is 33.4 Å². The SMILES string of the molecule is CCC(C)Cc1c(C)c(C)c(C)c(C)c1C. The molecule has 0 bridgehead atoms. The Kier molecular flexibility index (Phi) is 4.18. The van der Waals surface area contributed by atoms with Crippen LogP contribution in [0.3, 0.4) is 0 Å². The van der Waals surface area contributed by atoms with Crippen LogP contribution >= 0.6 is 0 Å². The third kappa shape index (κ3) is 2.31. The van der Waals surface area contributed by atoms with E-state index in [1.54, 1.807) is 5.56 Å². The van der Waals surface area contributed by atoms with Gasteiger partial charge in [-0.15, -0.1) is 0 Å². The molecule has 1 unspecified atom stereocenters. The van der Waals surface area contributed by atoms with Crippen LogP contribution in [0.15, 0.2) is 0 Å². The lowest BCUT2D eigenvalue weighted by molar-refractivity contribution is 0.556. The van der Waals surface area contributed by atoms with Crippen molar-refractivity contribution in [3.63, 3.8) is 0 Å². The molecule has 1 aromatic rings. The maximum atomic E-state index is 2.35. The van der Waals surface area contributed by atoms with E-state index in [4.69, 9.17) is 0 Å². The van der Waals surface area contributed by atoms with Gasteiger partial charge in [0.15, 0.2) is 0 Å². The molecular formula is C16H26. The normalized spacial score (nSPS) is 12.9. The molecule has 90 valence electrons. The molecule has 1 rings (SSSR count). The van der Waals surface area contributed by atoms with Gasteiger partial charge in [0.1, 0.15) is 0 Å². The Morgan fingerprint density at radius 1 is 0.750 bits per heavy atom. The second kappa shape index (κ2) is 5.03. The first-order valence-electron chi connectivity index (χ1n) is 6.45. The fourth-order valence-corrected chi connectivity index (χ4v) is 2.38. The van der Waals surface area contributed by atoms with Crippen LogP contribution < -0.4 is 0 Å². The van der Waals surface area contributed by atoms with E-state index in [2.05, 4.69) is 48.5 Å². The lowest BCUT2D eigenvalue weighted by Gasteiger charge is -2.20. The second-order valence-corrected chi connectivity index (χ2v) is 5.32. The van der Waals surface area contributed by atoms with E-state index in [-0.39, 0.29) is 0 Å². The molecule has 0 heterocycles. The van der Waals surface area contributed by atoms with Crippen molar-refractivity contribution < 1.29 is 0 Å². The van der Waals surface area contributed by atoms with Crippen LogP contribution in [0.4, 0.5) is 0 Å². The van der Waals surface area contributed by atoms with Gasteiger partial charge >= 0.3 is 0 Å². The zero-order valence-corrected chi connectivity index (χ0v) is 12.0. The Morgan fingerprint density at radius 2 is 1.12 bits per heavy atom. The van der Waals surface area contributed by atoms with Gasteiger partial charge in [-0.05, 0) is 80.3 Å². The van der Waals surface area contributed by atoms with Crippen molar-refractivity contribution in [3.8, 4) is 0 Å². The van der Waals surface area contributed by atoms with E-state index in [0.29, 0.717) is 0 Å². The molecule has 0 amide bonds. The molecular weight excluding hydrogens is 192 g/mol. The van der Waals surface area contributed by atoms with Crippen LogP contribution in [0.25, 0.3) is 0 Å². The smallest absolute Gasteiger partial charge is 0.0248 e. The number of hydrogen-bond acceptors (Lipinski definition) is 0. The molecule has 0 radical (unpaired) electrons. The van der Waals surface area contributed by atoms with Crippen molar-refractivity contribution in [1.29, 1.82) is 0 Å². The highest BCUT2D eigenvalue weighted by Crippen LogP contribution is 2.28. The Morgan fingerprint density at radius 3 is 1.50 bits per heavy atom. The highest BCUT2D eigenvalue weighted by atomic mass is 14.2. The van der Waals surface area contributed by atoms with Crippen molar-refractivity contribution in [2.24, 2.45) is 5.92 Å². The van der Waals surface area contributed by atoms with E-state index in [0.717, 1.165) is 5.92 Å². The second-order valence-electron chi connectivity index (χ2n) is 5.32. The van der Waals surface area contributed by atoms with Crippen LogP contribution in [0, 0.1) is 40.5 Å². The Balaban J connectivity index is 3.28. The summed E-state index contributed by atoms with van der Waals surface area (Å²) in [6.07, 6.45) is 2.50. The molecule has 0 saturated heterocycles. The maximum absolute atomic E-state index is 2.35. The Labute approximate surface area is 101 Å². The molecule has 0 saturated carbocycles. The molecule has 0 heteroatoms. The standard InChI is InChI=1S/C16H26/c1-8-10(2)9-16-14(6)12(4)11(3)13(5)15(16)7/h10H,8-9H2,1-7H3. The third-order valence-electron chi connectivity index (χ3n) is 4.40. The van der Waals surface area contributed by atoms with E-state index in [1.165, 1.54) is 40.7 Å². The predicted octanol–water partition coefficient (Wildman–Crippen LogP) is 4.82. The quantitative estimate of drug-likeness (QED) is 0.682.